The molecule has 1 aromatic heterocycles. The average molecular weight is 237 g/mol. The van der Waals surface area contributed by atoms with Crippen LogP contribution in [0.4, 0.5) is 13.2 Å². The Morgan fingerprint density at radius 2 is 2.20 bits per heavy atom. The number of ether oxygens (including phenoxy) is 1. The molecule has 0 spiro atoms. The van der Waals surface area contributed by atoms with Gasteiger partial charge in [0, 0.05) is 17.8 Å². The smallest absolute Gasteiger partial charge is 0.405 e. The summed E-state index contributed by atoms with van der Waals surface area (Å²) in [5.41, 5.74) is -0.0869. The fourth-order valence-electron chi connectivity index (χ4n) is 0.846. The Morgan fingerprint density at radius 3 is 2.67 bits per heavy atom. The van der Waals surface area contributed by atoms with E-state index in [2.05, 4.69) is 9.72 Å². The zero-order chi connectivity index (χ0) is 11.5. The molecule has 0 bridgehead atoms. The van der Waals surface area contributed by atoms with Gasteiger partial charge in [0.2, 0.25) is 0 Å². The molecule has 0 aromatic carbocycles. The topological polar surface area (TPSA) is 45.9 Å². The predicted octanol–water partition coefficient (Wildman–Crippen LogP) is 2.59. The maximum absolute atomic E-state index is 11.9. The van der Waals surface area contributed by atoms with E-state index < -0.39 is 12.1 Å². The second-order valence-electron chi connectivity index (χ2n) is 2.47. The van der Waals surface area contributed by atoms with Crippen molar-refractivity contribution in [2.45, 2.75) is 12.2 Å². The van der Waals surface area contributed by atoms with Crippen LogP contribution in [0.25, 0.3) is 0 Å². The SMILES string of the molecule is N#Cc1cc(OC(F)(F)F)c(CCl)cn1. The fraction of sp³-hybridized carbons (Fsp3) is 0.250. The van der Waals surface area contributed by atoms with Gasteiger partial charge in [-0.25, -0.2) is 4.98 Å². The van der Waals surface area contributed by atoms with Crippen LogP contribution < -0.4 is 4.74 Å². The maximum Gasteiger partial charge on any atom is 0.573 e. The minimum Gasteiger partial charge on any atom is -0.405 e. The Hall–Kier alpha value is -1.48. The molecule has 0 radical (unpaired) electrons. The molecule has 0 aliphatic rings. The summed E-state index contributed by atoms with van der Waals surface area (Å²) in [4.78, 5) is 3.57. The van der Waals surface area contributed by atoms with E-state index in [1.807, 2.05) is 0 Å². The van der Waals surface area contributed by atoms with Gasteiger partial charge < -0.3 is 4.74 Å². The third-order valence-electron chi connectivity index (χ3n) is 1.43. The van der Waals surface area contributed by atoms with Gasteiger partial charge in [0.05, 0.1) is 5.88 Å². The zero-order valence-electron chi connectivity index (χ0n) is 7.18. The van der Waals surface area contributed by atoms with Crippen LogP contribution in [0.1, 0.15) is 11.3 Å². The lowest BCUT2D eigenvalue weighted by Gasteiger charge is -2.11. The first-order chi connectivity index (χ1) is 6.96. The van der Waals surface area contributed by atoms with Crippen molar-refractivity contribution in [1.29, 1.82) is 5.26 Å². The summed E-state index contributed by atoms with van der Waals surface area (Å²) in [6.07, 6.45) is -3.73. The highest BCUT2D eigenvalue weighted by Crippen LogP contribution is 2.27. The van der Waals surface area contributed by atoms with Crippen molar-refractivity contribution in [3.05, 3.63) is 23.5 Å². The van der Waals surface area contributed by atoms with Gasteiger partial charge in [0.1, 0.15) is 17.5 Å². The minimum atomic E-state index is -4.81. The molecule has 1 rings (SSSR count). The fourth-order valence-corrected chi connectivity index (χ4v) is 1.05. The van der Waals surface area contributed by atoms with E-state index in [1.165, 1.54) is 0 Å². The number of halogens is 4. The summed E-state index contributed by atoms with van der Waals surface area (Å²) in [5.74, 6) is -0.673. The van der Waals surface area contributed by atoms with Crippen LogP contribution in [-0.4, -0.2) is 11.3 Å². The zero-order valence-corrected chi connectivity index (χ0v) is 7.93. The van der Waals surface area contributed by atoms with Crippen LogP contribution in [0, 0.1) is 11.3 Å². The molecule has 0 atom stereocenters. The van der Waals surface area contributed by atoms with E-state index >= 15 is 0 Å². The molecule has 1 aromatic rings. The number of pyridine rings is 1. The van der Waals surface area contributed by atoms with Crippen molar-refractivity contribution in [2.24, 2.45) is 0 Å². The Bertz CT molecular complexity index is 400. The van der Waals surface area contributed by atoms with Crippen molar-refractivity contribution in [3.63, 3.8) is 0 Å². The van der Waals surface area contributed by atoms with E-state index in [0.717, 1.165) is 12.3 Å². The van der Waals surface area contributed by atoms with Gasteiger partial charge in [-0.05, 0) is 0 Å². The van der Waals surface area contributed by atoms with Gasteiger partial charge in [0.25, 0.3) is 0 Å². The highest BCUT2D eigenvalue weighted by Gasteiger charge is 2.32. The molecule has 1 heterocycles. The Morgan fingerprint density at radius 1 is 1.53 bits per heavy atom. The number of hydrogen-bond acceptors (Lipinski definition) is 3. The predicted molar refractivity (Wildman–Crippen MR) is 45.2 cm³/mol. The van der Waals surface area contributed by atoms with Crippen molar-refractivity contribution in [1.82, 2.24) is 4.98 Å². The van der Waals surface area contributed by atoms with Crippen LogP contribution >= 0.6 is 11.6 Å². The number of aromatic nitrogens is 1. The first-order valence-corrected chi connectivity index (χ1v) is 4.20. The van der Waals surface area contributed by atoms with Crippen molar-refractivity contribution in [3.8, 4) is 11.8 Å². The van der Waals surface area contributed by atoms with Crippen LogP contribution in [0.15, 0.2) is 12.3 Å². The minimum absolute atomic E-state index is 0.0768. The molecule has 0 saturated heterocycles. The summed E-state index contributed by atoms with van der Waals surface area (Å²) < 4.78 is 39.5. The molecule has 80 valence electrons. The third-order valence-corrected chi connectivity index (χ3v) is 1.72. The average Bonchev–Trinajstić information content (AvgIpc) is 2.15. The molecule has 0 aliphatic carbocycles. The maximum atomic E-state index is 11.9. The molecule has 7 heteroatoms. The molecule has 3 nitrogen and oxygen atoms in total. The molecule has 15 heavy (non-hydrogen) atoms. The summed E-state index contributed by atoms with van der Waals surface area (Å²) in [5, 5.41) is 8.44. The highest BCUT2D eigenvalue weighted by molar-refractivity contribution is 6.17. The largest absolute Gasteiger partial charge is 0.573 e. The molecule has 0 saturated carbocycles. The van der Waals surface area contributed by atoms with Crippen molar-refractivity contribution >= 4 is 11.6 Å². The molecular weight excluding hydrogens is 233 g/mol. The summed E-state index contributed by atoms with van der Waals surface area (Å²) in [6, 6.07) is 2.50. The van der Waals surface area contributed by atoms with Crippen LogP contribution in [0.2, 0.25) is 0 Å². The second kappa shape index (κ2) is 4.36. The number of nitrogens with zero attached hydrogens (tertiary/aromatic N) is 2. The lowest BCUT2D eigenvalue weighted by Crippen LogP contribution is -2.18. The van der Waals surface area contributed by atoms with Crippen molar-refractivity contribution in [2.75, 3.05) is 0 Å². The molecule has 0 N–H and O–H groups in total. The first kappa shape index (κ1) is 11.6. The van der Waals surface area contributed by atoms with Crippen LogP contribution in [-0.2, 0) is 5.88 Å². The van der Waals surface area contributed by atoms with Gasteiger partial charge in [-0.15, -0.1) is 24.8 Å². The van der Waals surface area contributed by atoms with Crippen LogP contribution in [0.5, 0.6) is 5.75 Å². The van der Waals surface area contributed by atoms with E-state index in [-0.39, 0.29) is 17.1 Å². The van der Waals surface area contributed by atoms with E-state index in [4.69, 9.17) is 16.9 Å². The monoisotopic (exact) mass is 236 g/mol. The molecular formula is C8H4ClF3N2O. The normalized spacial score (nSPS) is 10.9. The summed E-state index contributed by atoms with van der Waals surface area (Å²) >= 11 is 5.39. The summed E-state index contributed by atoms with van der Waals surface area (Å²) in [6.45, 7) is 0. The van der Waals surface area contributed by atoms with Gasteiger partial charge in [-0.2, -0.15) is 5.26 Å². The summed E-state index contributed by atoms with van der Waals surface area (Å²) in [7, 11) is 0. The third kappa shape index (κ3) is 3.29. The van der Waals surface area contributed by atoms with Crippen LogP contribution in [0.3, 0.4) is 0 Å². The van der Waals surface area contributed by atoms with Gasteiger partial charge in [-0.1, -0.05) is 0 Å². The first-order valence-electron chi connectivity index (χ1n) is 3.67. The number of nitriles is 1. The van der Waals surface area contributed by atoms with E-state index in [9.17, 15) is 13.2 Å². The standard InChI is InChI=1S/C8H4ClF3N2O/c9-2-5-4-14-6(3-13)1-7(5)15-8(10,11)12/h1,4H,2H2. The second-order valence-corrected chi connectivity index (χ2v) is 2.74. The Labute approximate surface area is 88.1 Å². The van der Waals surface area contributed by atoms with E-state index in [0.29, 0.717) is 0 Å². The van der Waals surface area contributed by atoms with Gasteiger partial charge in [-0.3, -0.25) is 0 Å². The lowest BCUT2D eigenvalue weighted by atomic mass is 10.2. The molecule has 0 aliphatic heterocycles. The van der Waals surface area contributed by atoms with Gasteiger partial charge in [0.15, 0.2) is 0 Å². The lowest BCUT2D eigenvalue weighted by molar-refractivity contribution is -0.274. The van der Waals surface area contributed by atoms with E-state index in [1.54, 1.807) is 6.07 Å². The Balaban J connectivity index is 3.08. The Kier molecular flexibility index (Phi) is 3.37. The molecule has 0 unspecified atom stereocenters. The number of alkyl halides is 4. The molecule has 0 amide bonds. The highest BCUT2D eigenvalue weighted by atomic mass is 35.5. The number of rotatable bonds is 2. The van der Waals surface area contributed by atoms with Gasteiger partial charge >= 0.3 is 6.36 Å². The number of hydrogen-bond donors (Lipinski definition) is 0. The quantitative estimate of drug-likeness (QED) is 0.742. The van der Waals surface area contributed by atoms with Crippen molar-refractivity contribution < 1.29 is 17.9 Å². The molecule has 0 fully saturated rings.